The standard InChI is InChI=1S/C2H3IO2.Na.3H2O.H/c1-2(4)5-3;;;;;/h1H3;;3*1H2;/q;+1;;;;-1. The van der Waals surface area contributed by atoms with Crippen molar-refractivity contribution in [1.29, 1.82) is 0 Å². The Hall–Kier alpha value is 1.08. The number of carbonyl (C=O) groups is 1. The number of carbonyl (C=O) groups excluding carboxylic acids is 1. The van der Waals surface area contributed by atoms with Crippen molar-refractivity contribution in [2.75, 3.05) is 0 Å². The molecule has 0 atom stereocenters. The van der Waals surface area contributed by atoms with Crippen molar-refractivity contribution in [3.05, 3.63) is 0 Å². The van der Waals surface area contributed by atoms with E-state index in [1.807, 2.05) is 0 Å². The molecule has 0 fully saturated rings. The quantitative estimate of drug-likeness (QED) is 0.323. The van der Waals surface area contributed by atoms with E-state index in [0.717, 1.165) is 0 Å². The van der Waals surface area contributed by atoms with Gasteiger partial charge in [0.25, 0.3) is 0 Å². The molecular formula is C2H10INaO5. The molecule has 56 valence electrons. The van der Waals surface area contributed by atoms with Gasteiger partial charge in [0.05, 0.1) is 0 Å². The van der Waals surface area contributed by atoms with Crippen LogP contribution >= 0.6 is 23.0 Å². The van der Waals surface area contributed by atoms with Gasteiger partial charge in [-0.1, -0.05) is 0 Å². The van der Waals surface area contributed by atoms with Crippen LogP contribution in [-0.4, -0.2) is 22.4 Å². The summed E-state index contributed by atoms with van der Waals surface area (Å²) in [5.41, 5.74) is 0. The summed E-state index contributed by atoms with van der Waals surface area (Å²) in [7, 11) is 0. The fourth-order valence-electron chi connectivity index (χ4n) is 0. The molecule has 0 rings (SSSR count). The maximum Gasteiger partial charge on any atom is 1.00 e. The predicted octanol–water partition coefficient (Wildman–Crippen LogP) is -4.46. The van der Waals surface area contributed by atoms with Gasteiger partial charge in [-0.2, -0.15) is 0 Å². The molecule has 0 aromatic carbocycles. The minimum Gasteiger partial charge on any atom is -1.00 e. The number of hydrogen-bond acceptors (Lipinski definition) is 2. The van der Waals surface area contributed by atoms with E-state index in [0.29, 0.717) is 0 Å². The Kier molecular flexibility index (Phi) is 82.2. The van der Waals surface area contributed by atoms with Gasteiger partial charge in [0.1, 0.15) is 0 Å². The summed E-state index contributed by atoms with van der Waals surface area (Å²) in [6.45, 7) is 1.35. The molecule has 0 aliphatic carbocycles. The second-order valence-corrected chi connectivity index (χ2v) is 1.01. The minimum absolute atomic E-state index is 0. The first-order valence-electron chi connectivity index (χ1n) is 1.06. The molecule has 0 aromatic rings. The fraction of sp³-hybridized carbons (Fsp3) is 0.500. The molecular weight excluding hydrogens is 254 g/mol. The van der Waals surface area contributed by atoms with E-state index in [1.54, 1.807) is 0 Å². The SMILES string of the molecule is CC(=O)OI.O.O.O.[H-].[Na+]. The monoisotopic (exact) mass is 264 g/mol. The molecule has 0 unspecified atom stereocenters. The molecule has 0 radical (unpaired) electrons. The third kappa shape index (κ3) is 48.0. The summed E-state index contributed by atoms with van der Waals surface area (Å²) in [4.78, 5) is 9.58. The molecule has 0 saturated carbocycles. The third-order valence-electron chi connectivity index (χ3n) is 0.109. The van der Waals surface area contributed by atoms with Crippen molar-refractivity contribution in [3.63, 3.8) is 0 Å². The predicted molar refractivity (Wildman–Crippen MR) is 37.7 cm³/mol. The molecule has 7 heteroatoms. The first-order valence-corrected chi connectivity index (χ1v) is 1.94. The van der Waals surface area contributed by atoms with E-state index < -0.39 is 0 Å². The Bertz CT molecular complexity index is 54.9. The zero-order valence-electron chi connectivity index (χ0n) is 6.19. The van der Waals surface area contributed by atoms with E-state index in [1.165, 1.54) is 29.9 Å². The number of halogens is 1. The molecule has 0 aliphatic heterocycles. The van der Waals surface area contributed by atoms with Crippen molar-refractivity contribution in [1.82, 2.24) is 0 Å². The van der Waals surface area contributed by atoms with Gasteiger partial charge in [-0.05, 0) is 0 Å². The van der Waals surface area contributed by atoms with Gasteiger partial charge in [-0.15, -0.1) is 0 Å². The summed E-state index contributed by atoms with van der Waals surface area (Å²) in [6.07, 6.45) is 0. The molecule has 0 bridgehead atoms. The second-order valence-electron chi connectivity index (χ2n) is 0.569. The zero-order valence-corrected chi connectivity index (χ0v) is 9.35. The molecule has 0 spiro atoms. The Morgan fingerprint density at radius 2 is 1.56 bits per heavy atom. The maximum atomic E-state index is 9.58. The first kappa shape index (κ1) is 32.2. The normalized spacial score (nSPS) is 3.78. The van der Waals surface area contributed by atoms with Crippen LogP contribution in [0, 0.1) is 0 Å². The van der Waals surface area contributed by atoms with Gasteiger partial charge in [0.15, 0.2) is 23.0 Å². The van der Waals surface area contributed by atoms with Crippen LogP contribution in [0.3, 0.4) is 0 Å². The van der Waals surface area contributed by atoms with E-state index in [4.69, 9.17) is 0 Å². The molecule has 0 heterocycles. The van der Waals surface area contributed by atoms with Crippen molar-refractivity contribution in [2.45, 2.75) is 6.92 Å². The zero-order chi connectivity index (χ0) is 4.28. The van der Waals surface area contributed by atoms with E-state index in [2.05, 4.69) is 3.07 Å². The Balaban J connectivity index is -0.00000000800. The largest absolute Gasteiger partial charge is 1.00 e. The van der Waals surface area contributed by atoms with Crippen molar-refractivity contribution >= 4 is 29.0 Å². The van der Waals surface area contributed by atoms with Crippen molar-refractivity contribution in [2.24, 2.45) is 0 Å². The van der Waals surface area contributed by atoms with Gasteiger partial charge in [0.2, 0.25) is 0 Å². The average Bonchev–Trinajstić information content (AvgIpc) is 1.38. The van der Waals surface area contributed by atoms with Crippen LogP contribution in [0.1, 0.15) is 8.35 Å². The van der Waals surface area contributed by atoms with Gasteiger partial charge in [-0.3, -0.25) is 4.79 Å². The maximum absolute atomic E-state index is 9.58. The van der Waals surface area contributed by atoms with Gasteiger partial charge >= 0.3 is 35.5 Å². The van der Waals surface area contributed by atoms with Crippen LogP contribution in [0.25, 0.3) is 0 Å². The number of hydrogen-bond donors (Lipinski definition) is 0. The summed E-state index contributed by atoms with van der Waals surface area (Å²) in [5.74, 6) is -0.259. The smallest absolute Gasteiger partial charge is 1.00 e. The molecule has 5 nitrogen and oxygen atoms in total. The van der Waals surface area contributed by atoms with Crippen LogP contribution in [0.15, 0.2) is 0 Å². The second kappa shape index (κ2) is 23.0. The summed E-state index contributed by atoms with van der Waals surface area (Å²) in [6, 6.07) is 0. The Morgan fingerprint density at radius 3 is 1.56 bits per heavy atom. The molecule has 6 N–H and O–H groups in total. The Morgan fingerprint density at radius 1 is 1.44 bits per heavy atom. The fourth-order valence-corrected chi connectivity index (χ4v) is 0. The average molecular weight is 264 g/mol. The molecule has 0 saturated heterocycles. The van der Waals surface area contributed by atoms with E-state index in [-0.39, 0.29) is 53.4 Å². The van der Waals surface area contributed by atoms with Gasteiger partial charge in [-0.25, -0.2) is 0 Å². The first-order chi connectivity index (χ1) is 2.27. The molecule has 0 amide bonds. The molecule has 0 aromatic heterocycles. The van der Waals surface area contributed by atoms with Crippen molar-refractivity contribution in [3.8, 4) is 0 Å². The van der Waals surface area contributed by atoms with Crippen LogP contribution in [0.2, 0.25) is 0 Å². The number of rotatable bonds is 0. The van der Waals surface area contributed by atoms with Crippen LogP contribution in [0.4, 0.5) is 0 Å². The summed E-state index contributed by atoms with van der Waals surface area (Å²) in [5, 5.41) is 0. The van der Waals surface area contributed by atoms with Gasteiger partial charge < -0.3 is 20.9 Å². The van der Waals surface area contributed by atoms with Crippen LogP contribution in [-0.2, 0) is 7.86 Å². The molecule has 0 aliphatic rings. The van der Waals surface area contributed by atoms with Crippen LogP contribution < -0.4 is 29.6 Å². The van der Waals surface area contributed by atoms with E-state index in [9.17, 15) is 4.79 Å². The Labute approximate surface area is 90.5 Å². The third-order valence-corrected chi connectivity index (χ3v) is 0.729. The van der Waals surface area contributed by atoms with Crippen LogP contribution in [0.5, 0.6) is 0 Å². The summed E-state index contributed by atoms with van der Waals surface area (Å²) >= 11 is 1.53. The van der Waals surface area contributed by atoms with E-state index >= 15 is 0 Å². The van der Waals surface area contributed by atoms with Gasteiger partial charge in [0, 0.05) is 6.92 Å². The summed E-state index contributed by atoms with van der Waals surface area (Å²) < 4.78 is 4.08. The molecule has 9 heavy (non-hydrogen) atoms. The minimum atomic E-state index is -0.259. The topological polar surface area (TPSA) is 121 Å². The van der Waals surface area contributed by atoms with Crippen molar-refractivity contribution < 1.29 is 55.3 Å².